The Labute approximate surface area is 116 Å². The summed E-state index contributed by atoms with van der Waals surface area (Å²) in [5, 5.41) is 4.30. The maximum absolute atomic E-state index is 11.7. The number of halogens is 2. The van der Waals surface area contributed by atoms with Crippen molar-refractivity contribution in [3.63, 3.8) is 0 Å². The Morgan fingerprint density at radius 1 is 1.35 bits per heavy atom. The summed E-state index contributed by atoms with van der Waals surface area (Å²) in [5.74, 6) is 0. The lowest BCUT2D eigenvalue weighted by molar-refractivity contribution is 0.649. The average Bonchev–Trinajstić information content (AvgIpc) is 2.50. The summed E-state index contributed by atoms with van der Waals surface area (Å²) in [6, 6.07) is 3.28. The molecule has 0 radical (unpaired) electrons. The summed E-state index contributed by atoms with van der Waals surface area (Å²) < 4.78 is 5.26. The van der Waals surface area contributed by atoms with Crippen LogP contribution in [0, 0.1) is 6.92 Å². The van der Waals surface area contributed by atoms with Gasteiger partial charge in [0.05, 0.1) is 22.4 Å². The molecule has 0 unspecified atom stereocenters. The van der Waals surface area contributed by atoms with E-state index in [0.29, 0.717) is 6.54 Å². The van der Waals surface area contributed by atoms with Crippen LogP contribution in [0.2, 0.25) is 0 Å². The fourth-order valence-electron chi connectivity index (χ4n) is 1.64. The Bertz CT molecular complexity index is 616. The first-order valence-corrected chi connectivity index (χ1v) is 6.61. The monoisotopic (exact) mass is 359 g/mol. The molecule has 0 saturated carbocycles. The number of nitrogens with zero attached hydrogens (tertiary/aromatic N) is 3. The van der Waals surface area contributed by atoms with E-state index in [9.17, 15) is 4.79 Å². The van der Waals surface area contributed by atoms with Crippen LogP contribution >= 0.6 is 31.9 Å². The molecule has 0 N–H and O–H groups in total. The molecule has 0 aliphatic heterocycles. The Morgan fingerprint density at radius 2 is 2.06 bits per heavy atom. The van der Waals surface area contributed by atoms with Gasteiger partial charge >= 0.3 is 0 Å². The minimum absolute atomic E-state index is 0.0287. The van der Waals surface area contributed by atoms with Crippen LogP contribution in [0.25, 0.3) is 0 Å². The normalized spacial score (nSPS) is 10.8. The molecule has 4 nitrogen and oxygen atoms in total. The highest BCUT2D eigenvalue weighted by atomic mass is 79.9. The summed E-state index contributed by atoms with van der Waals surface area (Å²) in [6.45, 7) is 2.42. The Balaban J connectivity index is 2.44. The lowest BCUT2D eigenvalue weighted by atomic mass is 10.3. The van der Waals surface area contributed by atoms with E-state index in [1.807, 2.05) is 14.0 Å². The van der Waals surface area contributed by atoms with E-state index in [1.165, 1.54) is 0 Å². The maximum Gasteiger partial charge on any atom is 0.250 e. The minimum atomic E-state index is -0.0287. The van der Waals surface area contributed by atoms with Crippen molar-refractivity contribution in [1.82, 2.24) is 14.3 Å². The SMILES string of the molecule is Cc1nn(C)c(Cn2cc(Br)ccc2=O)c1Br. The summed E-state index contributed by atoms with van der Waals surface area (Å²) in [7, 11) is 1.87. The molecule has 0 aliphatic carbocycles. The molecular weight excluding hydrogens is 350 g/mol. The van der Waals surface area contributed by atoms with Gasteiger partial charge in [0.2, 0.25) is 0 Å². The van der Waals surface area contributed by atoms with E-state index in [0.717, 1.165) is 20.3 Å². The Hall–Kier alpha value is -0.880. The average molecular weight is 361 g/mol. The van der Waals surface area contributed by atoms with Gasteiger partial charge in [-0.05, 0) is 44.8 Å². The van der Waals surface area contributed by atoms with E-state index in [4.69, 9.17) is 0 Å². The summed E-state index contributed by atoms with van der Waals surface area (Å²) >= 11 is 6.85. The van der Waals surface area contributed by atoms with E-state index in [1.54, 1.807) is 27.6 Å². The summed E-state index contributed by atoms with van der Waals surface area (Å²) in [5.41, 5.74) is 1.87. The highest BCUT2D eigenvalue weighted by molar-refractivity contribution is 9.10. The van der Waals surface area contributed by atoms with Crippen molar-refractivity contribution in [3.05, 3.63) is 49.0 Å². The van der Waals surface area contributed by atoms with Crippen molar-refractivity contribution < 1.29 is 0 Å². The number of pyridine rings is 1. The zero-order valence-electron chi connectivity index (χ0n) is 9.44. The largest absolute Gasteiger partial charge is 0.308 e. The zero-order valence-corrected chi connectivity index (χ0v) is 12.6. The zero-order chi connectivity index (χ0) is 12.6. The van der Waals surface area contributed by atoms with Gasteiger partial charge in [-0.2, -0.15) is 5.10 Å². The number of hydrogen-bond donors (Lipinski definition) is 0. The molecule has 0 amide bonds. The molecule has 90 valence electrons. The van der Waals surface area contributed by atoms with Crippen LogP contribution in [0.4, 0.5) is 0 Å². The quantitative estimate of drug-likeness (QED) is 0.825. The molecule has 2 rings (SSSR count). The molecule has 0 aromatic carbocycles. The third kappa shape index (κ3) is 2.52. The molecule has 6 heteroatoms. The fourth-order valence-corrected chi connectivity index (χ4v) is 2.48. The van der Waals surface area contributed by atoms with E-state index >= 15 is 0 Å². The molecule has 2 aromatic rings. The molecule has 0 saturated heterocycles. The van der Waals surface area contributed by atoms with Gasteiger partial charge in [-0.15, -0.1) is 0 Å². The molecule has 17 heavy (non-hydrogen) atoms. The highest BCUT2D eigenvalue weighted by Gasteiger charge is 2.11. The second kappa shape index (κ2) is 4.78. The predicted molar refractivity (Wildman–Crippen MR) is 73.1 cm³/mol. The fraction of sp³-hybridized carbons (Fsp3) is 0.273. The molecule has 0 fully saturated rings. The van der Waals surface area contributed by atoms with Crippen LogP contribution < -0.4 is 5.56 Å². The first kappa shape index (κ1) is 12.6. The number of rotatable bonds is 2. The van der Waals surface area contributed by atoms with Crippen molar-refractivity contribution in [2.24, 2.45) is 7.05 Å². The Morgan fingerprint density at radius 3 is 2.65 bits per heavy atom. The van der Waals surface area contributed by atoms with Crippen LogP contribution in [-0.2, 0) is 13.6 Å². The van der Waals surface area contributed by atoms with Crippen LogP contribution in [0.15, 0.2) is 32.1 Å². The van der Waals surface area contributed by atoms with Crippen molar-refractivity contribution in [2.75, 3.05) is 0 Å². The lowest BCUT2D eigenvalue weighted by Gasteiger charge is -2.07. The second-order valence-corrected chi connectivity index (χ2v) is 5.49. The first-order chi connectivity index (χ1) is 7.99. The van der Waals surface area contributed by atoms with Crippen molar-refractivity contribution in [2.45, 2.75) is 13.5 Å². The molecule has 2 aromatic heterocycles. The van der Waals surface area contributed by atoms with Gasteiger partial charge < -0.3 is 4.57 Å². The highest BCUT2D eigenvalue weighted by Crippen LogP contribution is 2.20. The standard InChI is InChI=1S/C11H11Br2N3O/c1-7-11(13)9(15(2)14-7)6-16-5-8(12)3-4-10(16)17/h3-5H,6H2,1-2H3. The van der Waals surface area contributed by atoms with Crippen molar-refractivity contribution in [1.29, 1.82) is 0 Å². The van der Waals surface area contributed by atoms with E-state index in [-0.39, 0.29) is 5.56 Å². The van der Waals surface area contributed by atoms with Gasteiger partial charge in [-0.1, -0.05) is 0 Å². The number of aromatic nitrogens is 3. The lowest BCUT2D eigenvalue weighted by Crippen LogP contribution is -2.20. The topological polar surface area (TPSA) is 39.8 Å². The van der Waals surface area contributed by atoms with Gasteiger partial charge in [0.25, 0.3) is 5.56 Å². The maximum atomic E-state index is 11.7. The third-order valence-electron chi connectivity index (χ3n) is 2.53. The first-order valence-electron chi connectivity index (χ1n) is 5.03. The molecule has 2 heterocycles. The minimum Gasteiger partial charge on any atom is -0.308 e. The summed E-state index contributed by atoms with van der Waals surface area (Å²) in [4.78, 5) is 11.7. The molecule has 0 atom stereocenters. The molecule has 0 bridgehead atoms. The van der Waals surface area contributed by atoms with Gasteiger partial charge in [0, 0.05) is 23.8 Å². The van der Waals surface area contributed by atoms with E-state index < -0.39 is 0 Å². The van der Waals surface area contributed by atoms with Gasteiger partial charge in [-0.3, -0.25) is 9.48 Å². The predicted octanol–water partition coefficient (Wildman–Crippen LogP) is 2.46. The summed E-state index contributed by atoms with van der Waals surface area (Å²) in [6.07, 6.45) is 1.77. The number of aryl methyl sites for hydroxylation is 2. The van der Waals surface area contributed by atoms with Crippen LogP contribution in [0.5, 0.6) is 0 Å². The second-order valence-electron chi connectivity index (χ2n) is 3.78. The molecular formula is C11H11Br2N3O. The Kier molecular flexibility index (Phi) is 3.53. The van der Waals surface area contributed by atoms with Gasteiger partial charge in [-0.25, -0.2) is 0 Å². The van der Waals surface area contributed by atoms with Crippen LogP contribution in [0.1, 0.15) is 11.4 Å². The van der Waals surface area contributed by atoms with Crippen molar-refractivity contribution in [3.8, 4) is 0 Å². The van der Waals surface area contributed by atoms with Gasteiger partial charge in [0.1, 0.15) is 0 Å². The molecule has 0 aliphatic rings. The van der Waals surface area contributed by atoms with Gasteiger partial charge in [0.15, 0.2) is 0 Å². The third-order valence-corrected chi connectivity index (χ3v) is 4.03. The van der Waals surface area contributed by atoms with Crippen molar-refractivity contribution >= 4 is 31.9 Å². The number of hydrogen-bond acceptors (Lipinski definition) is 2. The van der Waals surface area contributed by atoms with Crippen LogP contribution in [0.3, 0.4) is 0 Å². The smallest absolute Gasteiger partial charge is 0.250 e. The van der Waals surface area contributed by atoms with Crippen LogP contribution in [-0.4, -0.2) is 14.3 Å². The van der Waals surface area contributed by atoms with E-state index in [2.05, 4.69) is 37.0 Å². The molecule has 0 spiro atoms.